The smallest absolute Gasteiger partial charge is 0.237 e. The van der Waals surface area contributed by atoms with E-state index in [-0.39, 0.29) is 24.9 Å². The van der Waals surface area contributed by atoms with Crippen molar-refractivity contribution < 1.29 is 14.4 Å². The Bertz CT molecular complexity index is 796. The number of primary amides is 2. The van der Waals surface area contributed by atoms with Gasteiger partial charge in [-0.1, -0.05) is 18.2 Å². The number of hydrogen-bond donors (Lipinski definition) is 2. The first-order chi connectivity index (χ1) is 11.0. The second-order valence-corrected chi connectivity index (χ2v) is 5.84. The van der Waals surface area contributed by atoms with Crippen molar-refractivity contribution in [2.45, 2.75) is 18.9 Å². The minimum Gasteiger partial charge on any atom is -0.368 e. The van der Waals surface area contributed by atoms with Gasteiger partial charge in [0.25, 0.3) is 0 Å². The first-order valence-corrected chi connectivity index (χ1v) is 7.38. The third-order valence-electron chi connectivity index (χ3n) is 4.15. The minimum absolute atomic E-state index is 0.0270. The number of aromatic nitrogens is 1. The van der Waals surface area contributed by atoms with Gasteiger partial charge in [-0.05, 0) is 11.6 Å². The summed E-state index contributed by atoms with van der Waals surface area (Å²) in [6.45, 7) is 0.480. The standard InChI is InChI=1S/C16H18N4O3/c17-14(21)8-19-7-12(11-3-1-2-4-13(11)19)10-5-16(23)20(6-10)9-15(18)22/h1-4,7,10H,5-6,8-9H2,(H2,17,21)(H2,18,22). The number of carbonyl (C=O) groups is 3. The Morgan fingerprint density at radius 3 is 2.52 bits per heavy atom. The average Bonchev–Trinajstić information content (AvgIpc) is 3.00. The minimum atomic E-state index is -0.518. The van der Waals surface area contributed by atoms with Gasteiger partial charge in [-0.25, -0.2) is 0 Å². The van der Waals surface area contributed by atoms with E-state index in [4.69, 9.17) is 11.5 Å². The Labute approximate surface area is 132 Å². The highest BCUT2D eigenvalue weighted by atomic mass is 16.2. The summed E-state index contributed by atoms with van der Waals surface area (Å²) in [4.78, 5) is 35.8. The fourth-order valence-electron chi connectivity index (χ4n) is 3.22. The van der Waals surface area contributed by atoms with Crippen molar-refractivity contribution in [1.82, 2.24) is 9.47 Å². The van der Waals surface area contributed by atoms with Gasteiger partial charge < -0.3 is 20.9 Å². The lowest BCUT2D eigenvalue weighted by atomic mass is 9.98. The van der Waals surface area contributed by atoms with Crippen LogP contribution in [0.2, 0.25) is 0 Å². The number of amides is 3. The van der Waals surface area contributed by atoms with E-state index in [1.54, 1.807) is 4.57 Å². The summed E-state index contributed by atoms with van der Waals surface area (Å²) in [6, 6.07) is 7.68. The summed E-state index contributed by atoms with van der Waals surface area (Å²) >= 11 is 0. The quantitative estimate of drug-likeness (QED) is 0.805. The molecule has 120 valence electrons. The molecule has 2 aromatic rings. The zero-order chi connectivity index (χ0) is 16.6. The van der Waals surface area contributed by atoms with Crippen molar-refractivity contribution in [3.05, 3.63) is 36.0 Å². The van der Waals surface area contributed by atoms with E-state index in [0.29, 0.717) is 13.0 Å². The zero-order valence-electron chi connectivity index (χ0n) is 12.6. The summed E-state index contributed by atoms with van der Waals surface area (Å²) in [6.07, 6.45) is 2.21. The van der Waals surface area contributed by atoms with Crippen molar-refractivity contribution >= 4 is 28.6 Å². The molecule has 2 heterocycles. The van der Waals surface area contributed by atoms with Crippen LogP contribution in [0.4, 0.5) is 0 Å². The van der Waals surface area contributed by atoms with Crippen LogP contribution in [-0.4, -0.2) is 40.3 Å². The highest BCUT2D eigenvalue weighted by molar-refractivity contribution is 5.89. The van der Waals surface area contributed by atoms with Crippen molar-refractivity contribution in [1.29, 1.82) is 0 Å². The van der Waals surface area contributed by atoms with Crippen LogP contribution in [0.3, 0.4) is 0 Å². The van der Waals surface area contributed by atoms with Crippen LogP contribution in [-0.2, 0) is 20.9 Å². The van der Waals surface area contributed by atoms with Crippen molar-refractivity contribution in [2.24, 2.45) is 11.5 Å². The molecule has 3 amide bonds. The van der Waals surface area contributed by atoms with Gasteiger partial charge in [-0.2, -0.15) is 0 Å². The highest BCUT2D eigenvalue weighted by Gasteiger charge is 2.33. The van der Waals surface area contributed by atoms with Gasteiger partial charge >= 0.3 is 0 Å². The fourth-order valence-corrected chi connectivity index (χ4v) is 3.22. The van der Waals surface area contributed by atoms with Crippen LogP contribution < -0.4 is 11.5 Å². The van der Waals surface area contributed by atoms with Crippen molar-refractivity contribution in [3.63, 3.8) is 0 Å². The maximum atomic E-state index is 12.1. The second kappa shape index (κ2) is 5.75. The Hall–Kier alpha value is -2.83. The molecule has 1 atom stereocenters. The van der Waals surface area contributed by atoms with Gasteiger partial charge in [-0.3, -0.25) is 14.4 Å². The number of benzene rings is 1. The molecular weight excluding hydrogens is 296 g/mol. The normalized spacial score (nSPS) is 17.8. The zero-order valence-corrected chi connectivity index (χ0v) is 12.6. The van der Waals surface area contributed by atoms with E-state index in [0.717, 1.165) is 16.5 Å². The maximum absolute atomic E-state index is 12.1. The number of fused-ring (bicyclic) bond motifs is 1. The lowest BCUT2D eigenvalue weighted by Crippen LogP contribution is -2.34. The Morgan fingerprint density at radius 2 is 1.83 bits per heavy atom. The van der Waals surface area contributed by atoms with E-state index in [1.165, 1.54) is 4.90 Å². The summed E-state index contributed by atoms with van der Waals surface area (Å²) < 4.78 is 1.80. The van der Waals surface area contributed by atoms with E-state index in [9.17, 15) is 14.4 Å². The number of rotatable bonds is 5. The Balaban J connectivity index is 1.96. The number of likely N-dealkylation sites (tertiary alicyclic amines) is 1. The van der Waals surface area contributed by atoms with Crippen LogP contribution in [0.15, 0.2) is 30.5 Å². The third-order valence-corrected chi connectivity index (χ3v) is 4.15. The van der Waals surface area contributed by atoms with Crippen LogP contribution in [0.25, 0.3) is 10.9 Å². The van der Waals surface area contributed by atoms with Crippen molar-refractivity contribution in [3.8, 4) is 0 Å². The fraction of sp³-hybridized carbons (Fsp3) is 0.312. The molecule has 0 radical (unpaired) electrons. The molecule has 1 fully saturated rings. The van der Waals surface area contributed by atoms with Crippen LogP contribution in [0.1, 0.15) is 17.9 Å². The van der Waals surface area contributed by atoms with Crippen LogP contribution in [0, 0.1) is 0 Å². The molecule has 7 nitrogen and oxygen atoms in total. The topological polar surface area (TPSA) is 111 Å². The molecule has 1 unspecified atom stereocenters. The summed E-state index contributed by atoms with van der Waals surface area (Å²) in [5.74, 6) is -1.05. The molecule has 4 N–H and O–H groups in total. The van der Waals surface area contributed by atoms with E-state index >= 15 is 0 Å². The number of nitrogens with zero attached hydrogens (tertiary/aromatic N) is 2. The van der Waals surface area contributed by atoms with E-state index in [2.05, 4.69) is 0 Å². The molecule has 0 aliphatic carbocycles. The predicted octanol–water partition coefficient (Wildman–Crippen LogP) is -0.0722. The average molecular weight is 314 g/mol. The molecule has 1 aliphatic rings. The predicted molar refractivity (Wildman–Crippen MR) is 84.3 cm³/mol. The maximum Gasteiger partial charge on any atom is 0.237 e. The summed E-state index contributed by atoms with van der Waals surface area (Å²) in [5, 5.41) is 0.993. The monoisotopic (exact) mass is 314 g/mol. The number of carbonyl (C=O) groups excluding carboxylic acids is 3. The first-order valence-electron chi connectivity index (χ1n) is 7.38. The number of hydrogen-bond acceptors (Lipinski definition) is 3. The lowest BCUT2D eigenvalue weighted by Gasteiger charge is -2.14. The van der Waals surface area contributed by atoms with Gasteiger partial charge in [0, 0.05) is 36.0 Å². The summed E-state index contributed by atoms with van der Waals surface area (Å²) in [5.41, 5.74) is 12.4. The second-order valence-electron chi connectivity index (χ2n) is 5.84. The van der Waals surface area contributed by atoms with Gasteiger partial charge in [0.15, 0.2) is 0 Å². The molecule has 23 heavy (non-hydrogen) atoms. The Morgan fingerprint density at radius 1 is 1.13 bits per heavy atom. The SMILES string of the molecule is NC(=O)CN1CC(c2cn(CC(N)=O)c3ccccc23)CC1=O. The van der Waals surface area contributed by atoms with Crippen LogP contribution in [0.5, 0.6) is 0 Å². The van der Waals surface area contributed by atoms with Gasteiger partial charge in [0.1, 0.15) is 6.54 Å². The molecule has 1 aliphatic heterocycles. The van der Waals surface area contributed by atoms with Gasteiger partial charge in [0.05, 0.1) is 6.54 Å². The largest absolute Gasteiger partial charge is 0.368 e. The number of para-hydroxylation sites is 1. The van der Waals surface area contributed by atoms with E-state index < -0.39 is 11.8 Å². The molecule has 3 rings (SSSR count). The lowest BCUT2D eigenvalue weighted by molar-refractivity contribution is -0.132. The molecule has 1 saturated heterocycles. The molecule has 1 aromatic carbocycles. The molecule has 0 spiro atoms. The third kappa shape index (κ3) is 2.90. The molecule has 1 aromatic heterocycles. The van der Waals surface area contributed by atoms with Crippen LogP contribution >= 0.6 is 0 Å². The first kappa shape index (κ1) is 15.1. The van der Waals surface area contributed by atoms with Gasteiger partial charge in [-0.15, -0.1) is 0 Å². The van der Waals surface area contributed by atoms with Gasteiger partial charge in [0.2, 0.25) is 17.7 Å². The molecule has 0 bridgehead atoms. The molecular formula is C16H18N4O3. The Kier molecular flexibility index (Phi) is 3.77. The van der Waals surface area contributed by atoms with Crippen molar-refractivity contribution in [2.75, 3.05) is 13.1 Å². The molecule has 7 heteroatoms. The molecule has 0 saturated carbocycles. The number of nitrogens with two attached hydrogens (primary N) is 2. The van der Waals surface area contributed by atoms with E-state index in [1.807, 2.05) is 30.5 Å². The highest BCUT2D eigenvalue weighted by Crippen LogP contribution is 2.34. The summed E-state index contributed by atoms with van der Waals surface area (Å²) in [7, 11) is 0.